The predicted octanol–water partition coefficient (Wildman–Crippen LogP) is 5.13. The summed E-state index contributed by atoms with van der Waals surface area (Å²) in [5.74, 6) is -0.757. The standard InChI is InChI=1S/C10H15.C5H10O2.2CH3.Ti/c1-7-6-10(4,5)9(3)8(7)2;1-5(2,3)4(6)7;;;/h1-5H3;1-3H3,(H,6,7);2*1H3;/q-1;;2*-1;+3. The van der Waals surface area contributed by atoms with E-state index in [1.165, 1.54) is 16.7 Å². The van der Waals surface area contributed by atoms with Crippen LogP contribution < -0.4 is 0 Å². The van der Waals surface area contributed by atoms with Gasteiger partial charge in [0.05, 0.1) is 5.41 Å². The van der Waals surface area contributed by atoms with Gasteiger partial charge in [-0.25, -0.2) is 5.57 Å². The van der Waals surface area contributed by atoms with Gasteiger partial charge in [-0.1, -0.05) is 33.1 Å². The molecule has 0 amide bonds. The minimum Gasteiger partial charge on any atom is -0.481 e. The number of rotatable bonds is 0. The third-order valence-corrected chi connectivity index (χ3v) is 3.20. The summed E-state index contributed by atoms with van der Waals surface area (Å²) in [6.07, 6.45) is 3.44. The molecule has 0 aromatic carbocycles. The van der Waals surface area contributed by atoms with Gasteiger partial charge >= 0.3 is 27.7 Å². The van der Waals surface area contributed by atoms with E-state index in [4.69, 9.17) is 5.11 Å². The number of hydrogen-bond donors (Lipinski definition) is 1. The van der Waals surface area contributed by atoms with Crippen LogP contribution in [0.5, 0.6) is 0 Å². The van der Waals surface area contributed by atoms with E-state index in [0.29, 0.717) is 0 Å². The summed E-state index contributed by atoms with van der Waals surface area (Å²) >= 11 is 0. The number of allylic oxidation sites excluding steroid dienone is 4. The first-order valence-electron chi connectivity index (χ1n) is 5.93. The van der Waals surface area contributed by atoms with Crippen molar-refractivity contribution in [3.8, 4) is 0 Å². The van der Waals surface area contributed by atoms with Gasteiger partial charge < -0.3 is 20.0 Å². The fourth-order valence-electron chi connectivity index (χ4n) is 1.41. The van der Waals surface area contributed by atoms with Crippen LogP contribution in [0.1, 0.15) is 55.4 Å². The Balaban J connectivity index is -0.000000117. The van der Waals surface area contributed by atoms with E-state index in [0.717, 1.165) is 0 Å². The summed E-state index contributed by atoms with van der Waals surface area (Å²) in [5, 5.41) is 8.25. The average Bonchev–Trinajstić information content (AvgIpc) is 2.29. The normalized spacial score (nSPS) is 15.7. The first kappa shape index (κ1) is 27.9. The molecule has 1 aliphatic carbocycles. The van der Waals surface area contributed by atoms with Crippen molar-refractivity contribution in [3.05, 3.63) is 37.6 Å². The Morgan fingerprint density at radius 1 is 1.10 bits per heavy atom. The zero-order valence-electron chi connectivity index (χ0n) is 14.9. The summed E-state index contributed by atoms with van der Waals surface area (Å²) in [6.45, 7) is 15.9. The average molecular weight is 315 g/mol. The molecule has 1 N–H and O–H groups in total. The van der Waals surface area contributed by atoms with Crippen LogP contribution in [0, 0.1) is 31.8 Å². The molecule has 0 saturated carbocycles. The molecule has 1 aliphatic rings. The maximum atomic E-state index is 10.0. The molecule has 0 saturated heterocycles. The first-order chi connectivity index (χ1) is 7.39. The molecule has 2 nitrogen and oxygen atoms in total. The van der Waals surface area contributed by atoms with E-state index in [1.54, 1.807) is 20.8 Å². The smallest absolute Gasteiger partial charge is 0.481 e. The molecule has 115 valence electrons. The van der Waals surface area contributed by atoms with Gasteiger partial charge in [0.15, 0.2) is 0 Å². The van der Waals surface area contributed by atoms with Gasteiger partial charge in [-0.15, -0.1) is 6.92 Å². The van der Waals surface area contributed by atoms with Crippen molar-refractivity contribution >= 4 is 5.97 Å². The van der Waals surface area contributed by atoms with Crippen molar-refractivity contribution in [2.75, 3.05) is 0 Å². The Morgan fingerprint density at radius 2 is 1.40 bits per heavy atom. The molecule has 1 radical (unpaired) electrons. The van der Waals surface area contributed by atoms with E-state index >= 15 is 0 Å². The van der Waals surface area contributed by atoms with Crippen LogP contribution in [0.2, 0.25) is 0 Å². The molecule has 0 spiro atoms. The van der Waals surface area contributed by atoms with Crippen molar-refractivity contribution in [3.63, 3.8) is 0 Å². The minimum atomic E-state index is -0.757. The Hall–Kier alpha value is -0.336. The molecule has 0 aliphatic heterocycles. The van der Waals surface area contributed by atoms with Crippen LogP contribution >= 0.6 is 0 Å². The molecule has 1 rings (SSSR count). The molecule has 0 aromatic heterocycles. The number of hydrogen-bond acceptors (Lipinski definition) is 1. The fourth-order valence-corrected chi connectivity index (χ4v) is 1.41. The van der Waals surface area contributed by atoms with Gasteiger partial charge in [0.25, 0.3) is 0 Å². The second-order valence-electron chi connectivity index (χ2n) is 6.18. The van der Waals surface area contributed by atoms with Crippen molar-refractivity contribution < 1.29 is 31.6 Å². The monoisotopic (exact) mass is 315 g/mol. The number of carboxylic acid groups (broad SMARTS) is 1. The Morgan fingerprint density at radius 3 is 1.45 bits per heavy atom. The van der Waals surface area contributed by atoms with Crippen molar-refractivity contribution in [1.82, 2.24) is 0 Å². The molecule has 3 heteroatoms. The molecular weight excluding hydrogens is 284 g/mol. The van der Waals surface area contributed by atoms with Gasteiger partial charge in [0.2, 0.25) is 0 Å². The van der Waals surface area contributed by atoms with Crippen molar-refractivity contribution in [2.24, 2.45) is 10.8 Å². The van der Waals surface area contributed by atoms with Crippen LogP contribution in [0.3, 0.4) is 0 Å². The topological polar surface area (TPSA) is 37.3 Å². The van der Waals surface area contributed by atoms with Crippen LogP contribution in [-0.2, 0) is 26.5 Å². The molecular formula is C17H31O2Ti. The van der Waals surface area contributed by atoms with Gasteiger partial charge in [-0.3, -0.25) is 10.9 Å². The second kappa shape index (κ2) is 9.57. The Labute approximate surface area is 141 Å². The van der Waals surface area contributed by atoms with Crippen LogP contribution in [0.15, 0.2) is 16.7 Å². The third kappa shape index (κ3) is 8.06. The van der Waals surface area contributed by atoms with Gasteiger partial charge in [-0.05, 0) is 20.8 Å². The molecule has 0 bridgehead atoms. The van der Waals surface area contributed by atoms with Crippen LogP contribution in [-0.4, -0.2) is 11.1 Å². The van der Waals surface area contributed by atoms with Gasteiger partial charge in [-0.2, -0.15) is 11.1 Å². The maximum absolute atomic E-state index is 10.0. The van der Waals surface area contributed by atoms with Gasteiger partial charge in [0.1, 0.15) is 0 Å². The first-order valence-corrected chi connectivity index (χ1v) is 5.93. The van der Waals surface area contributed by atoms with Gasteiger partial charge in [0, 0.05) is 0 Å². The molecule has 0 unspecified atom stereocenters. The molecule has 0 aromatic rings. The van der Waals surface area contributed by atoms with E-state index in [2.05, 4.69) is 40.7 Å². The van der Waals surface area contributed by atoms with E-state index in [1.807, 2.05) is 0 Å². The van der Waals surface area contributed by atoms with Crippen LogP contribution in [0.25, 0.3) is 0 Å². The SMILES string of the molecule is CC(C)(C)C(=O)O.CC1=[C-]C(C)(C)C(C)=C1C.[CH3-].[CH3-].[Ti+3]. The summed E-state index contributed by atoms with van der Waals surface area (Å²) in [6, 6.07) is 0. The Kier molecular flexibility index (Phi) is 13.4. The number of carboxylic acids is 1. The summed E-state index contributed by atoms with van der Waals surface area (Å²) in [5.41, 5.74) is 3.81. The summed E-state index contributed by atoms with van der Waals surface area (Å²) in [7, 11) is 0. The largest absolute Gasteiger partial charge is 3.00 e. The predicted molar refractivity (Wildman–Crippen MR) is 84.5 cm³/mol. The van der Waals surface area contributed by atoms with Crippen molar-refractivity contribution in [1.29, 1.82) is 0 Å². The minimum absolute atomic E-state index is 0. The summed E-state index contributed by atoms with van der Waals surface area (Å²) in [4.78, 5) is 10.0. The number of aliphatic carboxylic acids is 1. The molecule has 0 fully saturated rings. The zero-order chi connectivity index (χ0) is 14.0. The van der Waals surface area contributed by atoms with E-state index < -0.39 is 11.4 Å². The summed E-state index contributed by atoms with van der Waals surface area (Å²) < 4.78 is 0. The fraction of sp³-hybridized carbons (Fsp3) is 0.588. The van der Waals surface area contributed by atoms with Crippen molar-refractivity contribution in [2.45, 2.75) is 55.4 Å². The maximum Gasteiger partial charge on any atom is 3.00 e. The quantitative estimate of drug-likeness (QED) is 0.497. The molecule has 0 heterocycles. The van der Waals surface area contributed by atoms with Crippen LogP contribution in [0.4, 0.5) is 0 Å². The molecule has 0 atom stereocenters. The third-order valence-electron chi connectivity index (χ3n) is 3.20. The number of carbonyl (C=O) groups is 1. The second-order valence-corrected chi connectivity index (χ2v) is 6.18. The Bertz CT molecular complexity index is 369. The van der Waals surface area contributed by atoms with E-state index in [9.17, 15) is 4.79 Å². The zero-order valence-corrected chi connectivity index (χ0v) is 16.4. The van der Waals surface area contributed by atoms with E-state index in [-0.39, 0.29) is 42.0 Å². The molecule has 20 heavy (non-hydrogen) atoms.